The minimum atomic E-state index is -4.61. The van der Waals surface area contributed by atoms with Crippen LogP contribution in [0.15, 0.2) is 89.8 Å². The number of nitrogens with one attached hydrogen (secondary N) is 1. The second kappa shape index (κ2) is 8.16. The first-order valence-electron chi connectivity index (χ1n) is 8.54. The number of rotatable bonds is 6. The number of hydrogen-bond acceptors (Lipinski definition) is 2. The minimum absolute atomic E-state index is 0.0204. The van der Waals surface area contributed by atoms with E-state index >= 15 is 0 Å². The summed E-state index contributed by atoms with van der Waals surface area (Å²) in [5.41, 5.74) is 0.805. The predicted molar refractivity (Wildman–Crippen MR) is 101 cm³/mol. The molecule has 3 nitrogen and oxygen atoms in total. The molecular weight excluding hydrogens is 387 g/mol. The Morgan fingerprint density at radius 3 is 1.82 bits per heavy atom. The van der Waals surface area contributed by atoms with Crippen LogP contribution in [0.1, 0.15) is 22.6 Å². The van der Waals surface area contributed by atoms with Crippen LogP contribution in [-0.4, -0.2) is 15.0 Å². The zero-order valence-electron chi connectivity index (χ0n) is 14.7. The molecule has 0 amide bonds. The van der Waals surface area contributed by atoms with Crippen molar-refractivity contribution in [3.8, 4) is 0 Å². The summed E-state index contributed by atoms with van der Waals surface area (Å²) in [5.74, 6) is -0.275. The Bertz CT molecular complexity index is 981. The molecule has 0 radical (unpaired) electrons. The van der Waals surface area contributed by atoms with Crippen molar-refractivity contribution in [1.29, 1.82) is 0 Å². The zero-order valence-corrected chi connectivity index (χ0v) is 15.5. The molecule has 0 saturated heterocycles. The fourth-order valence-corrected chi connectivity index (χ4v) is 4.01. The summed E-state index contributed by atoms with van der Waals surface area (Å²) in [5, 5.41) is 0. The molecule has 0 aliphatic rings. The summed E-state index contributed by atoms with van der Waals surface area (Å²) in [6.07, 6.45) is -4.61. The van der Waals surface area contributed by atoms with E-state index in [1.165, 1.54) is 0 Å². The fraction of sp³-hybridized carbons (Fsp3) is 0.143. The Morgan fingerprint density at radius 2 is 1.32 bits per heavy atom. The van der Waals surface area contributed by atoms with Crippen molar-refractivity contribution >= 4 is 10.0 Å². The maximum Gasteiger partial charge on any atom is 0.416 e. The van der Waals surface area contributed by atoms with E-state index in [0.29, 0.717) is 6.07 Å². The second-order valence-electron chi connectivity index (χ2n) is 6.25. The lowest BCUT2D eigenvalue weighted by Crippen LogP contribution is -2.29. The van der Waals surface area contributed by atoms with Crippen LogP contribution in [-0.2, 0) is 16.2 Å². The average Bonchev–Trinajstić information content (AvgIpc) is 2.69. The molecule has 0 aliphatic carbocycles. The van der Waals surface area contributed by atoms with Crippen molar-refractivity contribution in [1.82, 2.24) is 4.72 Å². The minimum Gasteiger partial charge on any atom is -0.210 e. The average molecular weight is 405 g/mol. The molecule has 0 aromatic heterocycles. The monoisotopic (exact) mass is 405 g/mol. The maximum atomic E-state index is 12.9. The number of halogens is 3. The van der Waals surface area contributed by atoms with Gasteiger partial charge in [0, 0.05) is 12.5 Å². The Balaban J connectivity index is 1.87. The van der Waals surface area contributed by atoms with Crippen molar-refractivity contribution in [2.75, 3.05) is 6.54 Å². The molecular formula is C21H18F3NO2S. The number of alkyl halides is 3. The first kappa shape index (κ1) is 20.1. The summed E-state index contributed by atoms with van der Waals surface area (Å²) >= 11 is 0. The molecule has 0 fully saturated rings. The van der Waals surface area contributed by atoms with E-state index in [0.717, 1.165) is 29.3 Å². The topological polar surface area (TPSA) is 46.2 Å². The Morgan fingerprint density at radius 1 is 0.786 bits per heavy atom. The van der Waals surface area contributed by atoms with E-state index in [9.17, 15) is 21.6 Å². The largest absolute Gasteiger partial charge is 0.416 e. The van der Waals surface area contributed by atoms with Gasteiger partial charge >= 0.3 is 6.18 Å². The van der Waals surface area contributed by atoms with Crippen molar-refractivity contribution in [2.45, 2.75) is 17.0 Å². The highest BCUT2D eigenvalue weighted by Crippen LogP contribution is 2.30. The molecule has 146 valence electrons. The van der Waals surface area contributed by atoms with Crippen LogP contribution in [0.3, 0.4) is 0 Å². The van der Waals surface area contributed by atoms with Crippen LogP contribution in [0.4, 0.5) is 13.2 Å². The highest BCUT2D eigenvalue weighted by molar-refractivity contribution is 7.89. The summed E-state index contributed by atoms with van der Waals surface area (Å²) in [4.78, 5) is -0.415. The van der Waals surface area contributed by atoms with E-state index in [4.69, 9.17) is 0 Å². The Kier molecular flexibility index (Phi) is 5.86. The van der Waals surface area contributed by atoms with Crippen LogP contribution in [0.2, 0.25) is 0 Å². The second-order valence-corrected chi connectivity index (χ2v) is 8.02. The molecule has 0 saturated carbocycles. The Labute approximate surface area is 161 Å². The van der Waals surface area contributed by atoms with Gasteiger partial charge in [-0.2, -0.15) is 13.2 Å². The van der Waals surface area contributed by atoms with Crippen molar-refractivity contribution in [3.63, 3.8) is 0 Å². The molecule has 3 aromatic carbocycles. The molecule has 28 heavy (non-hydrogen) atoms. The van der Waals surface area contributed by atoms with Gasteiger partial charge in [-0.1, -0.05) is 66.7 Å². The first-order chi connectivity index (χ1) is 13.3. The highest BCUT2D eigenvalue weighted by Gasteiger charge is 2.31. The van der Waals surface area contributed by atoms with Gasteiger partial charge < -0.3 is 0 Å². The summed E-state index contributed by atoms with van der Waals surface area (Å²) in [6.45, 7) is 0.0204. The van der Waals surface area contributed by atoms with Crippen LogP contribution in [0.5, 0.6) is 0 Å². The molecule has 0 heterocycles. The highest BCUT2D eigenvalue weighted by atomic mass is 32.2. The van der Waals surface area contributed by atoms with E-state index in [1.807, 2.05) is 60.7 Å². The number of benzene rings is 3. The van der Waals surface area contributed by atoms with Gasteiger partial charge in [-0.05, 0) is 29.3 Å². The summed E-state index contributed by atoms with van der Waals surface area (Å²) in [7, 11) is -4.10. The van der Waals surface area contributed by atoms with Gasteiger partial charge in [-0.25, -0.2) is 13.1 Å². The normalized spacial score (nSPS) is 12.3. The van der Waals surface area contributed by atoms with Gasteiger partial charge in [-0.15, -0.1) is 0 Å². The van der Waals surface area contributed by atoms with Gasteiger partial charge in [-0.3, -0.25) is 0 Å². The van der Waals surface area contributed by atoms with E-state index < -0.39 is 26.7 Å². The predicted octanol–water partition coefficient (Wildman–Crippen LogP) is 4.82. The van der Waals surface area contributed by atoms with Crippen LogP contribution >= 0.6 is 0 Å². The van der Waals surface area contributed by atoms with E-state index in [2.05, 4.69) is 4.72 Å². The lowest BCUT2D eigenvalue weighted by molar-refractivity contribution is -0.137. The fourth-order valence-electron chi connectivity index (χ4n) is 2.91. The van der Waals surface area contributed by atoms with Gasteiger partial charge in [0.15, 0.2) is 0 Å². The molecule has 7 heteroatoms. The summed E-state index contributed by atoms with van der Waals surface area (Å²) in [6, 6.07) is 22.4. The quantitative estimate of drug-likeness (QED) is 0.639. The number of hydrogen-bond donors (Lipinski definition) is 1. The standard InChI is InChI=1S/C21H18F3NO2S/c22-21(23,24)18-12-7-13-19(14-18)28(26,27)25-15-20(16-8-3-1-4-9-16)17-10-5-2-6-11-17/h1-14,20,25H,15H2. The lowest BCUT2D eigenvalue weighted by atomic mass is 9.92. The van der Waals surface area contributed by atoms with Gasteiger partial charge in [0.1, 0.15) is 0 Å². The summed E-state index contributed by atoms with van der Waals surface area (Å²) < 4.78 is 66.3. The molecule has 1 N–H and O–H groups in total. The van der Waals surface area contributed by atoms with Crippen molar-refractivity contribution in [3.05, 3.63) is 102 Å². The Hall–Kier alpha value is -2.64. The van der Waals surface area contributed by atoms with Crippen LogP contribution in [0, 0.1) is 0 Å². The molecule has 3 rings (SSSR count). The molecule has 0 aliphatic heterocycles. The van der Waals surface area contributed by atoms with Crippen molar-refractivity contribution < 1.29 is 21.6 Å². The smallest absolute Gasteiger partial charge is 0.210 e. The van der Waals surface area contributed by atoms with Crippen LogP contribution in [0.25, 0.3) is 0 Å². The van der Waals surface area contributed by atoms with E-state index in [1.54, 1.807) is 0 Å². The third-order valence-electron chi connectivity index (χ3n) is 4.35. The molecule has 3 aromatic rings. The van der Waals surface area contributed by atoms with Crippen LogP contribution < -0.4 is 4.72 Å². The first-order valence-corrected chi connectivity index (χ1v) is 10.0. The third kappa shape index (κ3) is 4.79. The van der Waals surface area contributed by atoms with E-state index in [-0.39, 0.29) is 12.5 Å². The van der Waals surface area contributed by atoms with Gasteiger partial charge in [0.2, 0.25) is 10.0 Å². The van der Waals surface area contributed by atoms with Gasteiger partial charge in [0.05, 0.1) is 10.5 Å². The lowest BCUT2D eigenvalue weighted by Gasteiger charge is -2.19. The molecule has 0 unspecified atom stereocenters. The molecule has 0 bridgehead atoms. The molecule has 0 spiro atoms. The third-order valence-corrected chi connectivity index (χ3v) is 5.77. The van der Waals surface area contributed by atoms with Gasteiger partial charge in [0.25, 0.3) is 0 Å². The zero-order chi connectivity index (χ0) is 20.2. The molecule has 0 atom stereocenters. The SMILES string of the molecule is O=S(=O)(NCC(c1ccccc1)c1ccccc1)c1cccc(C(F)(F)F)c1. The van der Waals surface area contributed by atoms with Crippen molar-refractivity contribution in [2.24, 2.45) is 0 Å². The number of sulfonamides is 1. The maximum absolute atomic E-state index is 12.9.